The zero-order valence-corrected chi connectivity index (χ0v) is 16.8. The molecule has 2 N–H and O–H groups in total. The van der Waals surface area contributed by atoms with Crippen LogP contribution in [0.2, 0.25) is 0 Å². The minimum absolute atomic E-state index is 0.327. The third kappa shape index (κ3) is 4.75. The number of carbonyl (C=O) groups excluding carboxylic acids is 2. The van der Waals surface area contributed by atoms with E-state index in [1.165, 1.54) is 27.4 Å². The van der Waals surface area contributed by atoms with Crippen LogP contribution in [0.5, 0.6) is 28.7 Å². The molecule has 1 aliphatic heterocycles. The number of methoxy groups -OCH3 is 3. The lowest BCUT2D eigenvalue weighted by Gasteiger charge is -2.18. The number of hydrogen-bond donors (Lipinski definition) is 2. The molecule has 0 saturated carbocycles. The van der Waals surface area contributed by atoms with Crippen molar-refractivity contribution in [3.05, 3.63) is 47.5 Å². The highest BCUT2D eigenvalue weighted by atomic mass is 16.6. The second-order valence-corrected chi connectivity index (χ2v) is 6.09. The first-order valence-corrected chi connectivity index (χ1v) is 9.03. The molecule has 9 heteroatoms. The van der Waals surface area contributed by atoms with Gasteiger partial charge in [-0.25, -0.2) is 0 Å². The average Bonchev–Trinajstić information content (AvgIpc) is 2.79. The van der Waals surface area contributed by atoms with Crippen LogP contribution in [0.15, 0.2) is 36.4 Å². The highest BCUT2D eigenvalue weighted by Gasteiger charge is 2.15. The van der Waals surface area contributed by atoms with Gasteiger partial charge in [0.2, 0.25) is 5.75 Å². The van der Waals surface area contributed by atoms with Gasteiger partial charge in [-0.2, -0.15) is 0 Å². The number of amides is 2. The van der Waals surface area contributed by atoms with Gasteiger partial charge >= 0.3 is 0 Å². The molecular weight excluding hydrogens is 392 g/mol. The summed E-state index contributed by atoms with van der Waals surface area (Å²) in [5.41, 5.74) is 5.65. The van der Waals surface area contributed by atoms with Crippen molar-refractivity contribution in [2.75, 3.05) is 34.5 Å². The van der Waals surface area contributed by atoms with Crippen LogP contribution >= 0.6 is 0 Å². The van der Waals surface area contributed by atoms with Gasteiger partial charge in [-0.15, -0.1) is 0 Å². The van der Waals surface area contributed by atoms with Gasteiger partial charge in [-0.1, -0.05) is 0 Å². The van der Waals surface area contributed by atoms with Gasteiger partial charge in [-0.3, -0.25) is 20.4 Å². The summed E-state index contributed by atoms with van der Waals surface area (Å²) in [5.74, 6) is 1.44. The maximum absolute atomic E-state index is 12.3. The number of hydrogen-bond acceptors (Lipinski definition) is 7. The summed E-state index contributed by atoms with van der Waals surface area (Å²) >= 11 is 0. The van der Waals surface area contributed by atoms with Gasteiger partial charge in [0.1, 0.15) is 13.2 Å². The van der Waals surface area contributed by atoms with Crippen LogP contribution in [-0.4, -0.2) is 46.4 Å². The van der Waals surface area contributed by atoms with E-state index in [-0.39, 0.29) is 0 Å². The minimum Gasteiger partial charge on any atom is -0.493 e. The summed E-state index contributed by atoms with van der Waals surface area (Å²) in [5, 5.41) is 0. The monoisotopic (exact) mass is 414 g/mol. The molecule has 0 radical (unpaired) electrons. The predicted molar refractivity (Wildman–Crippen MR) is 108 cm³/mol. The SMILES string of the molecule is COc1cc(C=CC(=O)NNC(=O)c2ccc3c(c2)OCCO3)cc(OC)c1OC. The second-order valence-electron chi connectivity index (χ2n) is 6.09. The van der Waals surface area contributed by atoms with Crippen LogP contribution in [0.1, 0.15) is 15.9 Å². The normalized spacial score (nSPS) is 12.2. The smallest absolute Gasteiger partial charge is 0.269 e. The van der Waals surface area contributed by atoms with E-state index in [1.54, 1.807) is 36.4 Å². The second kappa shape index (κ2) is 9.55. The molecule has 0 unspecified atom stereocenters. The molecule has 0 atom stereocenters. The molecule has 0 saturated heterocycles. The minimum atomic E-state index is -0.519. The van der Waals surface area contributed by atoms with Gasteiger partial charge in [0.25, 0.3) is 11.8 Å². The number of rotatable bonds is 6. The molecular formula is C21H22N2O7. The summed E-state index contributed by atoms with van der Waals surface area (Å²) in [7, 11) is 4.52. The quantitative estimate of drug-likeness (QED) is 0.550. The largest absolute Gasteiger partial charge is 0.493 e. The zero-order chi connectivity index (χ0) is 21.5. The molecule has 2 amide bonds. The number of benzene rings is 2. The van der Waals surface area contributed by atoms with Crippen molar-refractivity contribution in [2.45, 2.75) is 0 Å². The van der Waals surface area contributed by atoms with E-state index >= 15 is 0 Å². The molecule has 3 rings (SSSR count). The van der Waals surface area contributed by atoms with Crippen molar-refractivity contribution in [1.29, 1.82) is 0 Å². The lowest BCUT2D eigenvalue weighted by molar-refractivity contribution is -0.117. The highest BCUT2D eigenvalue weighted by molar-refractivity contribution is 5.98. The van der Waals surface area contributed by atoms with E-state index in [0.29, 0.717) is 53.1 Å². The molecule has 2 aromatic carbocycles. The standard InChI is InChI=1S/C21H22N2O7/c1-26-17-10-13(11-18(27-2)20(17)28-3)4-7-19(24)22-23-21(25)14-5-6-15-16(12-14)30-9-8-29-15/h4-7,10-12H,8-9H2,1-3H3,(H,22,24)(H,23,25). The first-order chi connectivity index (χ1) is 14.5. The predicted octanol–water partition coefficient (Wildman–Crippen LogP) is 1.96. The summed E-state index contributed by atoms with van der Waals surface area (Å²) in [6.07, 6.45) is 2.82. The van der Waals surface area contributed by atoms with Crippen LogP contribution in [0.4, 0.5) is 0 Å². The fourth-order valence-electron chi connectivity index (χ4n) is 2.79. The Morgan fingerprint density at radius 2 is 1.57 bits per heavy atom. The lowest BCUT2D eigenvalue weighted by atomic mass is 10.1. The first kappa shape index (κ1) is 20.8. The number of hydrazine groups is 1. The van der Waals surface area contributed by atoms with Crippen molar-refractivity contribution in [3.8, 4) is 28.7 Å². The molecule has 9 nitrogen and oxygen atoms in total. The Morgan fingerprint density at radius 3 is 2.20 bits per heavy atom. The Labute approximate surface area is 173 Å². The first-order valence-electron chi connectivity index (χ1n) is 9.03. The van der Waals surface area contributed by atoms with Gasteiger partial charge in [0.05, 0.1) is 21.3 Å². The van der Waals surface area contributed by atoms with Gasteiger partial charge < -0.3 is 23.7 Å². The summed E-state index contributed by atoms with van der Waals surface area (Å²) in [6.45, 7) is 0.882. The fraction of sp³-hybridized carbons (Fsp3) is 0.238. The fourth-order valence-corrected chi connectivity index (χ4v) is 2.79. The highest BCUT2D eigenvalue weighted by Crippen LogP contribution is 2.38. The summed E-state index contributed by atoms with van der Waals surface area (Å²) in [6, 6.07) is 8.18. The van der Waals surface area contributed by atoms with Crippen molar-refractivity contribution in [3.63, 3.8) is 0 Å². The van der Waals surface area contributed by atoms with E-state index in [2.05, 4.69) is 10.9 Å². The number of ether oxygens (including phenoxy) is 5. The maximum atomic E-state index is 12.3. The molecule has 1 aliphatic rings. The Bertz CT molecular complexity index is 947. The van der Waals surface area contributed by atoms with Crippen LogP contribution in [-0.2, 0) is 4.79 Å². The van der Waals surface area contributed by atoms with Crippen molar-refractivity contribution < 1.29 is 33.3 Å². The Kier molecular flexibility index (Phi) is 6.63. The van der Waals surface area contributed by atoms with Crippen molar-refractivity contribution in [1.82, 2.24) is 10.9 Å². The Hall–Kier alpha value is -3.88. The Morgan fingerprint density at radius 1 is 0.900 bits per heavy atom. The van der Waals surface area contributed by atoms with Crippen molar-refractivity contribution >= 4 is 17.9 Å². The van der Waals surface area contributed by atoms with Gasteiger partial charge in [-0.05, 0) is 42.0 Å². The van der Waals surface area contributed by atoms with Gasteiger partial charge in [0.15, 0.2) is 23.0 Å². The zero-order valence-electron chi connectivity index (χ0n) is 16.8. The Balaban J connectivity index is 1.62. The average molecular weight is 414 g/mol. The summed E-state index contributed by atoms with van der Waals surface area (Å²) in [4.78, 5) is 24.3. The van der Waals surface area contributed by atoms with E-state index in [4.69, 9.17) is 23.7 Å². The molecule has 30 heavy (non-hydrogen) atoms. The lowest BCUT2D eigenvalue weighted by Crippen LogP contribution is -2.40. The molecule has 158 valence electrons. The van der Waals surface area contributed by atoms with Gasteiger partial charge in [0, 0.05) is 11.6 Å². The van der Waals surface area contributed by atoms with E-state index in [0.717, 1.165) is 0 Å². The molecule has 1 heterocycles. The van der Waals surface area contributed by atoms with Crippen molar-refractivity contribution in [2.24, 2.45) is 0 Å². The molecule has 0 spiro atoms. The number of nitrogens with one attached hydrogen (secondary N) is 2. The van der Waals surface area contributed by atoms with Crippen LogP contribution in [0.25, 0.3) is 6.08 Å². The molecule has 0 fully saturated rings. The third-order valence-electron chi connectivity index (χ3n) is 4.22. The van der Waals surface area contributed by atoms with E-state index < -0.39 is 11.8 Å². The molecule has 0 bridgehead atoms. The van der Waals surface area contributed by atoms with Crippen LogP contribution < -0.4 is 34.5 Å². The third-order valence-corrected chi connectivity index (χ3v) is 4.22. The maximum Gasteiger partial charge on any atom is 0.269 e. The summed E-state index contributed by atoms with van der Waals surface area (Å²) < 4.78 is 26.7. The molecule has 2 aromatic rings. The van der Waals surface area contributed by atoms with E-state index in [1.807, 2.05) is 0 Å². The molecule has 0 aromatic heterocycles. The van der Waals surface area contributed by atoms with E-state index in [9.17, 15) is 9.59 Å². The number of carbonyl (C=O) groups is 2. The number of fused-ring (bicyclic) bond motifs is 1. The van der Waals surface area contributed by atoms with Crippen LogP contribution in [0.3, 0.4) is 0 Å². The topological polar surface area (TPSA) is 104 Å². The molecule has 0 aliphatic carbocycles. The van der Waals surface area contributed by atoms with Crippen LogP contribution in [0, 0.1) is 0 Å².